The minimum Gasteiger partial charge on any atom is -0.330 e. The van der Waals surface area contributed by atoms with Crippen LogP contribution in [0.1, 0.15) is 47.3 Å². The molecule has 112 valence electrons. The van der Waals surface area contributed by atoms with Gasteiger partial charge in [-0.3, -0.25) is 9.78 Å². The van der Waals surface area contributed by atoms with E-state index in [4.69, 9.17) is 4.52 Å². The summed E-state index contributed by atoms with van der Waals surface area (Å²) in [6.07, 6.45) is 8.71. The Bertz CT molecular complexity index is 719. The van der Waals surface area contributed by atoms with Gasteiger partial charge in [-0.1, -0.05) is 17.3 Å². The number of nitrogens with zero attached hydrogens (tertiary/aromatic N) is 4. The van der Waals surface area contributed by atoms with Gasteiger partial charge in [0.2, 0.25) is 0 Å². The first kappa shape index (κ1) is 13.2. The van der Waals surface area contributed by atoms with Crippen LogP contribution in [-0.4, -0.2) is 39.0 Å². The lowest BCUT2D eigenvalue weighted by molar-refractivity contribution is 0.0725. The largest absolute Gasteiger partial charge is 0.330 e. The molecule has 0 bridgehead atoms. The standard InChI is InChI=1S/C16H16N4O2/c21-16(15-18-14(19-22-15)11-5-6-11)20-8-2-4-13(10-20)12-3-1-7-17-9-12/h1,3-4,7,9,11H,2,5-6,8,10H2. The van der Waals surface area contributed by atoms with Crippen molar-refractivity contribution in [1.82, 2.24) is 20.0 Å². The lowest BCUT2D eigenvalue weighted by atomic mass is 10.0. The SMILES string of the molecule is O=C(c1nc(C2CC2)no1)N1CCC=C(c2cccnc2)C1. The van der Waals surface area contributed by atoms with E-state index in [1.54, 1.807) is 11.1 Å². The Kier molecular flexibility index (Phi) is 3.21. The van der Waals surface area contributed by atoms with Crippen molar-refractivity contribution in [2.45, 2.75) is 25.2 Å². The van der Waals surface area contributed by atoms with Crippen LogP contribution in [0.4, 0.5) is 0 Å². The Balaban J connectivity index is 1.50. The minimum atomic E-state index is -0.186. The third-order valence-electron chi connectivity index (χ3n) is 4.04. The van der Waals surface area contributed by atoms with Crippen molar-refractivity contribution in [3.8, 4) is 0 Å². The molecule has 22 heavy (non-hydrogen) atoms. The highest BCUT2D eigenvalue weighted by Crippen LogP contribution is 2.38. The molecule has 0 saturated heterocycles. The first-order valence-corrected chi connectivity index (χ1v) is 7.53. The van der Waals surface area contributed by atoms with Crippen molar-refractivity contribution in [3.63, 3.8) is 0 Å². The first-order valence-electron chi connectivity index (χ1n) is 7.53. The predicted octanol–water partition coefficient (Wildman–Crippen LogP) is 2.27. The number of hydrogen-bond donors (Lipinski definition) is 0. The van der Waals surface area contributed by atoms with Crippen LogP contribution in [0.25, 0.3) is 5.57 Å². The maximum atomic E-state index is 12.5. The van der Waals surface area contributed by atoms with Crippen LogP contribution in [-0.2, 0) is 0 Å². The third kappa shape index (κ3) is 2.52. The highest BCUT2D eigenvalue weighted by Gasteiger charge is 2.31. The number of amides is 1. The van der Waals surface area contributed by atoms with E-state index >= 15 is 0 Å². The van der Waals surface area contributed by atoms with Crippen LogP contribution in [0.15, 0.2) is 35.1 Å². The molecule has 1 amide bonds. The minimum absolute atomic E-state index is 0.106. The summed E-state index contributed by atoms with van der Waals surface area (Å²) in [5.41, 5.74) is 2.15. The molecule has 1 saturated carbocycles. The van der Waals surface area contributed by atoms with Crippen LogP contribution < -0.4 is 0 Å². The highest BCUT2D eigenvalue weighted by molar-refractivity contribution is 5.91. The Hall–Kier alpha value is -2.50. The van der Waals surface area contributed by atoms with E-state index in [0.717, 1.165) is 30.4 Å². The van der Waals surface area contributed by atoms with Crippen LogP contribution in [0.3, 0.4) is 0 Å². The van der Waals surface area contributed by atoms with Crippen molar-refractivity contribution >= 4 is 11.5 Å². The summed E-state index contributed by atoms with van der Waals surface area (Å²) in [6, 6.07) is 3.90. The summed E-state index contributed by atoms with van der Waals surface area (Å²) in [7, 11) is 0. The summed E-state index contributed by atoms with van der Waals surface area (Å²) < 4.78 is 5.14. The summed E-state index contributed by atoms with van der Waals surface area (Å²) in [6.45, 7) is 1.22. The zero-order valence-corrected chi connectivity index (χ0v) is 12.1. The van der Waals surface area contributed by atoms with E-state index in [2.05, 4.69) is 21.2 Å². The summed E-state index contributed by atoms with van der Waals surface area (Å²) in [5, 5.41) is 3.91. The molecule has 0 aromatic carbocycles. The number of aromatic nitrogens is 3. The maximum Gasteiger partial charge on any atom is 0.316 e. The number of pyridine rings is 1. The molecule has 0 atom stereocenters. The fourth-order valence-corrected chi connectivity index (χ4v) is 2.64. The molecule has 0 unspecified atom stereocenters. The second-order valence-corrected chi connectivity index (χ2v) is 5.72. The third-order valence-corrected chi connectivity index (χ3v) is 4.04. The van der Waals surface area contributed by atoms with Gasteiger partial charge in [-0.15, -0.1) is 0 Å². The molecular formula is C16H16N4O2. The molecule has 3 heterocycles. The van der Waals surface area contributed by atoms with Crippen molar-refractivity contribution in [2.24, 2.45) is 0 Å². The van der Waals surface area contributed by atoms with E-state index in [0.29, 0.717) is 24.8 Å². The van der Waals surface area contributed by atoms with Gasteiger partial charge in [-0.05, 0) is 36.5 Å². The quantitative estimate of drug-likeness (QED) is 0.868. The van der Waals surface area contributed by atoms with Crippen molar-refractivity contribution in [2.75, 3.05) is 13.1 Å². The molecule has 1 aliphatic carbocycles. The lowest BCUT2D eigenvalue weighted by Crippen LogP contribution is -2.35. The molecule has 2 aromatic heterocycles. The summed E-state index contributed by atoms with van der Waals surface area (Å²) >= 11 is 0. The smallest absolute Gasteiger partial charge is 0.316 e. The molecule has 0 radical (unpaired) electrons. The average Bonchev–Trinajstić information content (AvgIpc) is 3.32. The van der Waals surface area contributed by atoms with Gasteiger partial charge >= 0.3 is 11.8 Å². The number of hydrogen-bond acceptors (Lipinski definition) is 5. The normalized spacial score (nSPS) is 18.2. The van der Waals surface area contributed by atoms with Gasteiger partial charge in [0.15, 0.2) is 5.82 Å². The molecule has 1 fully saturated rings. The Morgan fingerprint density at radius 1 is 1.36 bits per heavy atom. The molecule has 1 aliphatic heterocycles. The Morgan fingerprint density at radius 3 is 3.05 bits per heavy atom. The van der Waals surface area contributed by atoms with Gasteiger partial charge in [0.05, 0.1) is 0 Å². The average molecular weight is 296 g/mol. The Morgan fingerprint density at radius 2 is 2.27 bits per heavy atom. The van der Waals surface area contributed by atoms with Gasteiger partial charge in [0.1, 0.15) is 0 Å². The topological polar surface area (TPSA) is 72.1 Å². The summed E-state index contributed by atoms with van der Waals surface area (Å²) in [4.78, 5) is 22.7. The number of carbonyl (C=O) groups is 1. The van der Waals surface area contributed by atoms with Crippen LogP contribution in [0, 0.1) is 0 Å². The fraction of sp³-hybridized carbons (Fsp3) is 0.375. The van der Waals surface area contributed by atoms with Gasteiger partial charge in [0, 0.05) is 31.4 Å². The van der Waals surface area contributed by atoms with Gasteiger partial charge in [-0.2, -0.15) is 4.98 Å². The summed E-state index contributed by atoms with van der Waals surface area (Å²) in [5.74, 6) is 0.976. The Labute approximate surface area is 127 Å². The first-order chi connectivity index (χ1) is 10.8. The van der Waals surface area contributed by atoms with Gasteiger partial charge in [-0.25, -0.2) is 0 Å². The number of carbonyl (C=O) groups excluding carboxylic acids is 1. The molecular weight excluding hydrogens is 280 g/mol. The molecule has 6 heteroatoms. The second kappa shape index (κ2) is 5.36. The lowest BCUT2D eigenvalue weighted by Gasteiger charge is -2.26. The van der Waals surface area contributed by atoms with E-state index < -0.39 is 0 Å². The zero-order valence-electron chi connectivity index (χ0n) is 12.1. The van der Waals surface area contributed by atoms with Crippen molar-refractivity contribution in [1.29, 1.82) is 0 Å². The fourth-order valence-electron chi connectivity index (χ4n) is 2.64. The highest BCUT2D eigenvalue weighted by atomic mass is 16.5. The molecule has 6 nitrogen and oxygen atoms in total. The van der Waals surface area contributed by atoms with Gasteiger partial charge < -0.3 is 9.42 Å². The second-order valence-electron chi connectivity index (χ2n) is 5.72. The van der Waals surface area contributed by atoms with Crippen LogP contribution in [0.5, 0.6) is 0 Å². The molecule has 4 rings (SSSR count). The van der Waals surface area contributed by atoms with Crippen molar-refractivity contribution < 1.29 is 9.32 Å². The monoisotopic (exact) mass is 296 g/mol. The van der Waals surface area contributed by atoms with E-state index in [-0.39, 0.29) is 11.8 Å². The number of rotatable bonds is 3. The van der Waals surface area contributed by atoms with E-state index in [9.17, 15) is 4.79 Å². The van der Waals surface area contributed by atoms with E-state index in [1.807, 2.05) is 18.3 Å². The predicted molar refractivity (Wildman–Crippen MR) is 79.0 cm³/mol. The van der Waals surface area contributed by atoms with Crippen LogP contribution in [0.2, 0.25) is 0 Å². The molecule has 2 aromatic rings. The molecule has 2 aliphatic rings. The van der Waals surface area contributed by atoms with Crippen molar-refractivity contribution in [3.05, 3.63) is 47.9 Å². The molecule has 0 N–H and O–H groups in total. The zero-order chi connectivity index (χ0) is 14.9. The molecule has 0 spiro atoms. The van der Waals surface area contributed by atoms with E-state index in [1.165, 1.54) is 0 Å². The van der Waals surface area contributed by atoms with Crippen LogP contribution >= 0.6 is 0 Å². The maximum absolute atomic E-state index is 12.5. The van der Waals surface area contributed by atoms with Gasteiger partial charge in [0.25, 0.3) is 0 Å².